The lowest BCUT2D eigenvalue weighted by atomic mass is 10.2. The van der Waals surface area contributed by atoms with Crippen LogP contribution in [0.5, 0.6) is 5.75 Å². The number of aliphatic hydroxyl groups excluding tert-OH is 1. The number of sulfonamides is 1. The second-order valence-corrected chi connectivity index (χ2v) is 7.29. The highest BCUT2D eigenvalue weighted by molar-refractivity contribution is 7.92. The monoisotopic (exact) mass is 355 g/mol. The van der Waals surface area contributed by atoms with Crippen molar-refractivity contribution in [2.75, 3.05) is 17.5 Å². The largest absolute Gasteiger partial charge is 0.486 e. The van der Waals surface area contributed by atoms with Crippen LogP contribution in [0.25, 0.3) is 0 Å². The van der Waals surface area contributed by atoms with Gasteiger partial charge in [0.2, 0.25) is 5.82 Å². The highest BCUT2D eigenvalue weighted by atomic mass is 32.2. The molecule has 8 heteroatoms. The van der Waals surface area contributed by atoms with Crippen molar-refractivity contribution in [3.63, 3.8) is 0 Å². The maximum atomic E-state index is 13.9. The molecule has 2 aromatic rings. The standard InChI is InChI=1S/C16H15F2NO4S/c1-10-2-4-12(5-3-10)24(21,22)19-11(8-20)9-23-16-14(19)7-6-13(17)15(16)18/h2-7,11,20H,8-9H2,1H3/t11-/m1/s1. The van der Waals surface area contributed by atoms with E-state index in [-0.39, 0.29) is 17.2 Å². The number of hydrogen-bond donors (Lipinski definition) is 1. The summed E-state index contributed by atoms with van der Waals surface area (Å²) in [7, 11) is -4.08. The van der Waals surface area contributed by atoms with E-state index in [4.69, 9.17) is 4.74 Å². The summed E-state index contributed by atoms with van der Waals surface area (Å²) >= 11 is 0. The summed E-state index contributed by atoms with van der Waals surface area (Å²) in [5.74, 6) is -2.87. The zero-order chi connectivity index (χ0) is 17.5. The van der Waals surface area contributed by atoms with Crippen LogP contribution in [0.4, 0.5) is 14.5 Å². The highest BCUT2D eigenvalue weighted by Gasteiger charge is 2.38. The van der Waals surface area contributed by atoms with Crippen LogP contribution in [-0.4, -0.2) is 32.8 Å². The Morgan fingerprint density at radius 2 is 1.88 bits per heavy atom. The first-order valence-corrected chi connectivity index (χ1v) is 8.63. The topological polar surface area (TPSA) is 66.8 Å². The van der Waals surface area contributed by atoms with E-state index in [1.807, 2.05) is 6.92 Å². The molecule has 1 heterocycles. The quantitative estimate of drug-likeness (QED) is 0.917. The lowest BCUT2D eigenvalue weighted by molar-refractivity contribution is 0.191. The Kier molecular flexibility index (Phi) is 4.18. The summed E-state index contributed by atoms with van der Waals surface area (Å²) in [5.41, 5.74) is 0.739. The fraction of sp³-hybridized carbons (Fsp3) is 0.250. The van der Waals surface area contributed by atoms with E-state index in [1.54, 1.807) is 12.1 Å². The van der Waals surface area contributed by atoms with Crippen molar-refractivity contribution in [2.45, 2.75) is 17.9 Å². The van der Waals surface area contributed by atoms with E-state index < -0.39 is 40.1 Å². The van der Waals surface area contributed by atoms with Crippen LogP contribution in [0, 0.1) is 18.6 Å². The van der Waals surface area contributed by atoms with Crippen LogP contribution in [0.2, 0.25) is 0 Å². The number of anilines is 1. The molecule has 1 aliphatic heterocycles. The number of hydrogen-bond acceptors (Lipinski definition) is 4. The maximum absolute atomic E-state index is 13.9. The van der Waals surface area contributed by atoms with Gasteiger partial charge in [-0.25, -0.2) is 12.8 Å². The second kappa shape index (κ2) is 6.03. The Morgan fingerprint density at radius 1 is 1.21 bits per heavy atom. The smallest absolute Gasteiger partial charge is 0.264 e. The highest BCUT2D eigenvalue weighted by Crippen LogP contribution is 2.40. The number of halogens is 2. The third-order valence-electron chi connectivity index (χ3n) is 3.81. The summed E-state index contributed by atoms with van der Waals surface area (Å²) in [6.07, 6.45) is 0. The van der Waals surface area contributed by atoms with E-state index in [0.29, 0.717) is 0 Å². The minimum atomic E-state index is -4.08. The molecule has 5 nitrogen and oxygen atoms in total. The van der Waals surface area contributed by atoms with E-state index in [2.05, 4.69) is 0 Å². The molecule has 128 valence electrons. The molecule has 0 bridgehead atoms. The van der Waals surface area contributed by atoms with Crippen molar-refractivity contribution in [2.24, 2.45) is 0 Å². The number of fused-ring (bicyclic) bond motifs is 1. The molecule has 0 radical (unpaired) electrons. The van der Waals surface area contributed by atoms with Crippen LogP contribution in [0.1, 0.15) is 5.56 Å². The first-order chi connectivity index (χ1) is 11.4. The molecule has 0 amide bonds. The zero-order valence-electron chi connectivity index (χ0n) is 12.7. The maximum Gasteiger partial charge on any atom is 0.264 e. The van der Waals surface area contributed by atoms with Crippen molar-refractivity contribution in [3.8, 4) is 5.75 Å². The third-order valence-corrected chi connectivity index (χ3v) is 5.69. The Labute approximate surface area is 138 Å². The Hall–Kier alpha value is -2.19. The third kappa shape index (κ3) is 2.61. The number of benzene rings is 2. The molecular weight excluding hydrogens is 340 g/mol. The normalized spacial score (nSPS) is 17.3. The van der Waals surface area contributed by atoms with Crippen LogP contribution < -0.4 is 9.04 Å². The molecule has 0 saturated heterocycles. The van der Waals surface area contributed by atoms with Gasteiger partial charge in [-0.3, -0.25) is 4.31 Å². The molecule has 0 fully saturated rings. The number of aliphatic hydroxyl groups is 1. The van der Waals surface area contributed by atoms with Crippen LogP contribution >= 0.6 is 0 Å². The molecule has 1 atom stereocenters. The Morgan fingerprint density at radius 3 is 2.50 bits per heavy atom. The molecule has 0 aromatic heterocycles. The Balaban J connectivity index is 2.18. The van der Waals surface area contributed by atoms with Crippen LogP contribution in [-0.2, 0) is 10.0 Å². The van der Waals surface area contributed by atoms with Crippen molar-refractivity contribution >= 4 is 15.7 Å². The summed E-state index contributed by atoms with van der Waals surface area (Å²) in [6.45, 7) is 1.01. The number of aryl methyl sites for hydroxylation is 1. The van der Waals surface area contributed by atoms with Crippen LogP contribution in [0.3, 0.4) is 0 Å². The van der Waals surface area contributed by atoms with E-state index in [1.165, 1.54) is 12.1 Å². The predicted molar refractivity (Wildman–Crippen MR) is 83.6 cm³/mol. The van der Waals surface area contributed by atoms with Gasteiger partial charge in [0.05, 0.1) is 17.2 Å². The summed E-state index contributed by atoms with van der Waals surface area (Å²) in [4.78, 5) is -0.0101. The minimum absolute atomic E-state index is 0.0101. The van der Waals surface area contributed by atoms with Gasteiger partial charge in [-0.05, 0) is 31.2 Å². The summed E-state index contributed by atoms with van der Waals surface area (Å²) < 4.78 is 59.3. The molecule has 3 rings (SSSR count). The van der Waals surface area contributed by atoms with Gasteiger partial charge in [-0.15, -0.1) is 0 Å². The van der Waals surface area contributed by atoms with Gasteiger partial charge in [0.25, 0.3) is 10.0 Å². The lowest BCUT2D eigenvalue weighted by Crippen LogP contribution is -2.49. The van der Waals surface area contributed by atoms with Crippen molar-refractivity contribution < 1.29 is 27.0 Å². The number of ether oxygens (including phenoxy) is 1. The molecule has 0 aliphatic carbocycles. The molecule has 24 heavy (non-hydrogen) atoms. The van der Waals surface area contributed by atoms with Gasteiger partial charge < -0.3 is 9.84 Å². The van der Waals surface area contributed by atoms with E-state index >= 15 is 0 Å². The van der Waals surface area contributed by atoms with Crippen LogP contribution in [0.15, 0.2) is 41.3 Å². The molecule has 0 unspecified atom stereocenters. The number of nitrogens with zero attached hydrogens (tertiary/aromatic N) is 1. The van der Waals surface area contributed by atoms with Gasteiger partial charge in [-0.2, -0.15) is 4.39 Å². The van der Waals surface area contributed by atoms with E-state index in [9.17, 15) is 22.3 Å². The average molecular weight is 355 g/mol. The van der Waals surface area contributed by atoms with E-state index in [0.717, 1.165) is 22.0 Å². The molecule has 2 aromatic carbocycles. The van der Waals surface area contributed by atoms with Gasteiger partial charge in [-0.1, -0.05) is 17.7 Å². The average Bonchev–Trinajstić information content (AvgIpc) is 2.57. The first-order valence-electron chi connectivity index (χ1n) is 7.19. The molecule has 0 saturated carbocycles. The van der Waals surface area contributed by atoms with Gasteiger partial charge in [0, 0.05) is 0 Å². The van der Waals surface area contributed by atoms with Gasteiger partial charge >= 0.3 is 0 Å². The van der Waals surface area contributed by atoms with Gasteiger partial charge in [0.15, 0.2) is 11.6 Å². The summed E-state index contributed by atoms with van der Waals surface area (Å²) in [5, 5.41) is 9.51. The van der Waals surface area contributed by atoms with Crippen molar-refractivity contribution in [1.29, 1.82) is 0 Å². The number of rotatable bonds is 3. The zero-order valence-corrected chi connectivity index (χ0v) is 13.6. The fourth-order valence-electron chi connectivity index (χ4n) is 2.55. The fourth-order valence-corrected chi connectivity index (χ4v) is 4.18. The Bertz CT molecular complexity index is 868. The first kappa shape index (κ1) is 16.7. The SMILES string of the molecule is Cc1ccc(S(=O)(=O)N2c3ccc(F)c(F)c3OC[C@H]2CO)cc1. The molecule has 1 aliphatic rings. The second-order valence-electron chi connectivity index (χ2n) is 5.47. The van der Waals surface area contributed by atoms with Crippen molar-refractivity contribution in [1.82, 2.24) is 0 Å². The molecule has 1 N–H and O–H groups in total. The summed E-state index contributed by atoms with van der Waals surface area (Å²) in [6, 6.07) is 7.13. The lowest BCUT2D eigenvalue weighted by Gasteiger charge is -2.36. The van der Waals surface area contributed by atoms with Crippen molar-refractivity contribution in [3.05, 3.63) is 53.6 Å². The predicted octanol–water partition coefficient (Wildman–Crippen LogP) is 2.22. The molecule has 0 spiro atoms. The van der Waals surface area contributed by atoms with Gasteiger partial charge in [0.1, 0.15) is 12.6 Å². The molecular formula is C16H15F2NO4S. The minimum Gasteiger partial charge on any atom is -0.486 e.